The summed E-state index contributed by atoms with van der Waals surface area (Å²) in [4.78, 5) is 0. The molecule has 0 saturated heterocycles. The van der Waals surface area contributed by atoms with Gasteiger partial charge in [-0.05, 0) is 0 Å². The number of sulfone groups is 1. The molecular formula is C9H11NO3S. The summed E-state index contributed by atoms with van der Waals surface area (Å²) in [7, 11) is -3.17. The zero-order valence-electron chi connectivity index (χ0n) is 7.71. The molecule has 4 nitrogen and oxygen atoms in total. The Labute approximate surface area is 82.8 Å². The summed E-state index contributed by atoms with van der Waals surface area (Å²) in [6, 6.07) is 8.70. The predicted octanol–water partition coefficient (Wildman–Crippen LogP) is 0.910. The van der Waals surface area contributed by atoms with Gasteiger partial charge in [0.15, 0.2) is 9.84 Å². The van der Waals surface area contributed by atoms with Crippen molar-refractivity contribution < 1.29 is 13.6 Å². The van der Waals surface area contributed by atoms with E-state index in [2.05, 4.69) is 5.16 Å². The van der Waals surface area contributed by atoms with Crippen molar-refractivity contribution in [1.82, 2.24) is 0 Å². The summed E-state index contributed by atoms with van der Waals surface area (Å²) in [5, 5.41) is 11.6. The Morgan fingerprint density at radius 3 is 2.36 bits per heavy atom. The first-order valence-corrected chi connectivity index (χ1v) is 6.03. The summed E-state index contributed by atoms with van der Waals surface area (Å²) >= 11 is 0. The third-order valence-corrected chi connectivity index (χ3v) is 2.42. The van der Waals surface area contributed by atoms with Crippen LogP contribution in [0.4, 0.5) is 0 Å². The molecule has 0 saturated carbocycles. The number of benzene rings is 1. The lowest BCUT2D eigenvalue weighted by Gasteiger charge is -2.02. The Morgan fingerprint density at radius 1 is 1.36 bits per heavy atom. The monoisotopic (exact) mass is 213 g/mol. The van der Waals surface area contributed by atoms with E-state index in [0.29, 0.717) is 5.56 Å². The van der Waals surface area contributed by atoms with Crippen LogP contribution in [0.25, 0.3) is 0 Å². The van der Waals surface area contributed by atoms with Gasteiger partial charge in [0.05, 0.1) is 5.75 Å². The molecule has 1 aromatic rings. The smallest absolute Gasteiger partial charge is 0.153 e. The number of rotatable bonds is 3. The number of hydrogen-bond acceptors (Lipinski definition) is 4. The number of nitrogens with zero attached hydrogens (tertiary/aromatic N) is 1. The molecule has 0 radical (unpaired) electrons. The van der Waals surface area contributed by atoms with Gasteiger partial charge in [-0.3, -0.25) is 0 Å². The van der Waals surface area contributed by atoms with Gasteiger partial charge in [0.25, 0.3) is 0 Å². The van der Waals surface area contributed by atoms with Crippen LogP contribution in [0.3, 0.4) is 0 Å². The third-order valence-electron chi connectivity index (χ3n) is 1.63. The SMILES string of the molecule is CS(=O)(=O)CC(=NO)c1ccccc1. The van der Waals surface area contributed by atoms with Crippen molar-refractivity contribution in [1.29, 1.82) is 0 Å². The maximum absolute atomic E-state index is 11.0. The van der Waals surface area contributed by atoms with Gasteiger partial charge >= 0.3 is 0 Å². The van der Waals surface area contributed by atoms with Crippen LogP contribution < -0.4 is 0 Å². The van der Waals surface area contributed by atoms with Crippen molar-refractivity contribution in [3.05, 3.63) is 35.9 Å². The Kier molecular flexibility index (Phi) is 3.24. The highest BCUT2D eigenvalue weighted by Gasteiger charge is 2.11. The largest absolute Gasteiger partial charge is 0.411 e. The molecule has 0 bridgehead atoms. The van der Waals surface area contributed by atoms with Crippen molar-refractivity contribution in [2.24, 2.45) is 5.16 Å². The highest BCUT2D eigenvalue weighted by Crippen LogP contribution is 2.03. The first-order chi connectivity index (χ1) is 6.53. The average Bonchev–Trinajstić information content (AvgIpc) is 2.14. The molecule has 0 unspecified atom stereocenters. The summed E-state index contributed by atoms with van der Waals surface area (Å²) in [5.74, 6) is -0.256. The molecule has 1 aromatic carbocycles. The van der Waals surface area contributed by atoms with Crippen molar-refractivity contribution in [3.8, 4) is 0 Å². The lowest BCUT2D eigenvalue weighted by Crippen LogP contribution is -2.15. The van der Waals surface area contributed by atoms with E-state index < -0.39 is 9.84 Å². The van der Waals surface area contributed by atoms with Crippen LogP contribution in [0, 0.1) is 0 Å². The fourth-order valence-electron chi connectivity index (χ4n) is 1.05. The Morgan fingerprint density at radius 2 is 1.93 bits per heavy atom. The molecule has 0 aliphatic carbocycles. The summed E-state index contributed by atoms with van der Waals surface area (Å²) in [5.41, 5.74) is 0.772. The van der Waals surface area contributed by atoms with E-state index in [1.54, 1.807) is 30.3 Å². The fraction of sp³-hybridized carbons (Fsp3) is 0.222. The minimum absolute atomic E-state index is 0.160. The van der Waals surface area contributed by atoms with E-state index in [1.807, 2.05) is 0 Å². The normalized spacial score (nSPS) is 12.8. The molecule has 76 valence electrons. The van der Waals surface area contributed by atoms with Crippen LogP contribution >= 0.6 is 0 Å². The lowest BCUT2D eigenvalue weighted by molar-refractivity contribution is 0.319. The maximum atomic E-state index is 11.0. The summed E-state index contributed by atoms with van der Waals surface area (Å²) < 4.78 is 22.0. The van der Waals surface area contributed by atoms with Gasteiger partial charge in [-0.15, -0.1) is 0 Å². The van der Waals surface area contributed by atoms with Crippen LogP contribution in [-0.2, 0) is 9.84 Å². The first-order valence-electron chi connectivity index (χ1n) is 3.97. The topological polar surface area (TPSA) is 66.7 Å². The highest BCUT2D eigenvalue weighted by molar-refractivity contribution is 7.91. The molecule has 1 N–H and O–H groups in total. The Bertz CT molecular complexity index is 423. The van der Waals surface area contributed by atoms with E-state index in [9.17, 15) is 8.42 Å². The average molecular weight is 213 g/mol. The molecule has 0 fully saturated rings. The molecule has 0 aliphatic heterocycles. The van der Waals surface area contributed by atoms with Crippen LogP contribution in [0.15, 0.2) is 35.5 Å². The summed E-state index contributed by atoms with van der Waals surface area (Å²) in [6.07, 6.45) is 1.10. The van der Waals surface area contributed by atoms with Gasteiger partial charge in [0, 0.05) is 11.8 Å². The van der Waals surface area contributed by atoms with Gasteiger partial charge in [-0.2, -0.15) is 0 Å². The van der Waals surface area contributed by atoms with Gasteiger partial charge in [0.1, 0.15) is 5.71 Å². The quantitative estimate of drug-likeness (QED) is 0.461. The molecule has 0 amide bonds. The minimum Gasteiger partial charge on any atom is -0.411 e. The predicted molar refractivity (Wildman–Crippen MR) is 54.5 cm³/mol. The van der Waals surface area contributed by atoms with Gasteiger partial charge in [-0.25, -0.2) is 8.42 Å². The van der Waals surface area contributed by atoms with E-state index in [4.69, 9.17) is 5.21 Å². The second kappa shape index (κ2) is 4.23. The molecule has 0 heterocycles. The van der Waals surface area contributed by atoms with Crippen molar-refractivity contribution in [2.45, 2.75) is 0 Å². The highest BCUT2D eigenvalue weighted by atomic mass is 32.2. The van der Waals surface area contributed by atoms with Crippen molar-refractivity contribution >= 4 is 15.5 Å². The minimum atomic E-state index is -3.17. The van der Waals surface area contributed by atoms with Crippen molar-refractivity contribution in [3.63, 3.8) is 0 Å². The standard InChI is InChI=1S/C9H11NO3S/c1-14(12,13)7-9(10-11)8-5-3-2-4-6-8/h2-6,11H,7H2,1H3. The van der Waals surface area contributed by atoms with E-state index in [1.165, 1.54) is 0 Å². The fourth-order valence-corrected chi connectivity index (χ4v) is 1.77. The second-order valence-corrected chi connectivity index (χ2v) is 5.12. The van der Waals surface area contributed by atoms with E-state index in [-0.39, 0.29) is 11.5 Å². The third kappa shape index (κ3) is 3.18. The van der Waals surface area contributed by atoms with Crippen LogP contribution in [0.2, 0.25) is 0 Å². The first kappa shape index (κ1) is 10.7. The molecular weight excluding hydrogens is 202 g/mol. The zero-order valence-corrected chi connectivity index (χ0v) is 8.53. The number of hydrogen-bond donors (Lipinski definition) is 1. The summed E-state index contributed by atoms with van der Waals surface area (Å²) in [6.45, 7) is 0. The Balaban J connectivity index is 2.97. The van der Waals surface area contributed by atoms with Gasteiger partial charge in [0.2, 0.25) is 0 Å². The van der Waals surface area contributed by atoms with E-state index in [0.717, 1.165) is 6.26 Å². The molecule has 0 atom stereocenters. The Hall–Kier alpha value is -1.36. The lowest BCUT2D eigenvalue weighted by atomic mass is 10.1. The van der Waals surface area contributed by atoms with Crippen LogP contribution in [0.5, 0.6) is 0 Å². The molecule has 0 aromatic heterocycles. The second-order valence-electron chi connectivity index (χ2n) is 2.98. The molecule has 1 rings (SSSR count). The molecule has 0 aliphatic rings. The maximum Gasteiger partial charge on any atom is 0.153 e. The van der Waals surface area contributed by atoms with Crippen molar-refractivity contribution in [2.75, 3.05) is 12.0 Å². The van der Waals surface area contributed by atoms with E-state index >= 15 is 0 Å². The molecule has 0 spiro atoms. The zero-order chi connectivity index (χ0) is 10.6. The van der Waals surface area contributed by atoms with Gasteiger partial charge < -0.3 is 5.21 Å². The van der Waals surface area contributed by atoms with Crippen LogP contribution in [-0.4, -0.2) is 31.3 Å². The molecule has 5 heteroatoms. The van der Waals surface area contributed by atoms with Gasteiger partial charge in [-0.1, -0.05) is 35.5 Å². The molecule has 14 heavy (non-hydrogen) atoms. The van der Waals surface area contributed by atoms with Crippen LogP contribution in [0.1, 0.15) is 5.56 Å². The number of oxime groups is 1.